The Morgan fingerprint density at radius 3 is 2.36 bits per heavy atom. The maximum Gasteiger partial charge on any atom is 0.314 e. The number of benzene rings is 1. The minimum atomic E-state index is -0.867. The fourth-order valence-corrected chi connectivity index (χ4v) is 4.50. The highest BCUT2D eigenvalue weighted by Crippen LogP contribution is 2.40. The zero-order valence-electron chi connectivity index (χ0n) is 15.5. The Balaban J connectivity index is 2.19. The van der Waals surface area contributed by atoms with Crippen molar-refractivity contribution in [2.24, 2.45) is 0 Å². The standard InChI is InChI=1S/C21H25NO2S/c1-6-7-15-16-11-17(21(4,5)20(23)24)25-19(16)22-18(15)14-9-12(2)8-13(3)10-14/h8-11,22H,6-7H2,1-5H3,(H,23,24). The predicted octanol–water partition coefficient (Wildman–Crippen LogP) is 5.83. The monoisotopic (exact) mass is 355 g/mol. The number of rotatable bonds is 5. The molecule has 1 aromatic carbocycles. The number of fused-ring (bicyclic) bond motifs is 1. The van der Waals surface area contributed by atoms with E-state index < -0.39 is 11.4 Å². The molecule has 0 bridgehead atoms. The lowest BCUT2D eigenvalue weighted by atomic mass is 9.91. The van der Waals surface area contributed by atoms with E-state index in [4.69, 9.17) is 0 Å². The van der Waals surface area contributed by atoms with E-state index in [9.17, 15) is 9.90 Å². The van der Waals surface area contributed by atoms with Crippen LogP contribution in [-0.4, -0.2) is 16.1 Å². The lowest BCUT2D eigenvalue weighted by Gasteiger charge is -2.16. The summed E-state index contributed by atoms with van der Waals surface area (Å²) in [7, 11) is 0. The lowest BCUT2D eigenvalue weighted by molar-refractivity contribution is -0.142. The smallest absolute Gasteiger partial charge is 0.314 e. The second-order valence-electron chi connectivity index (χ2n) is 7.39. The van der Waals surface area contributed by atoms with E-state index in [1.54, 1.807) is 25.2 Å². The summed E-state index contributed by atoms with van der Waals surface area (Å²) in [6, 6.07) is 8.68. The first-order valence-electron chi connectivity index (χ1n) is 8.71. The van der Waals surface area contributed by atoms with Gasteiger partial charge in [-0.3, -0.25) is 4.79 Å². The first-order valence-corrected chi connectivity index (χ1v) is 9.52. The van der Waals surface area contributed by atoms with Crippen molar-refractivity contribution in [3.05, 3.63) is 45.8 Å². The molecule has 0 saturated carbocycles. The second kappa shape index (κ2) is 6.34. The van der Waals surface area contributed by atoms with Gasteiger partial charge in [0.25, 0.3) is 0 Å². The number of hydrogen-bond donors (Lipinski definition) is 2. The minimum absolute atomic E-state index is 0.789. The fourth-order valence-electron chi connectivity index (χ4n) is 3.32. The number of aliphatic carboxylic acids is 1. The number of carbonyl (C=O) groups is 1. The molecule has 0 amide bonds. The maximum absolute atomic E-state index is 11.6. The van der Waals surface area contributed by atoms with E-state index in [0.29, 0.717) is 0 Å². The molecule has 3 rings (SSSR count). The van der Waals surface area contributed by atoms with E-state index in [1.807, 2.05) is 0 Å². The Labute approximate surface area is 152 Å². The molecule has 0 atom stereocenters. The Hall–Kier alpha value is -2.07. The third-order valence-electron chi connectivity index (χ3n) is 4.76. The number of carboxylic acid groups (broad SMARTS) is 1. The van der Waals surface area contributed by atoms with Gasteiger partial charge in [-0.05, 0) is 63.4 Å². The molecule has 3 aromatic rings. The number of thiophene rings is 1. The normalized spacial score (nSPS) is 12.0. The molecule has 0 aliphatic rings. The van der Waals surface area contributed by atoms with E-state index in [2.05, 4.69) is 50.0 Å². The predicted molar refractivity (Wildman–Crippen MR) is 106 cm³/mol. The molecule has 25 heavy (non-hydrogen) atoms. The van der Waals surface area contributed by atoms with Gasteiger partial charge in [-0.1, -0.05) is 30.5 Å². The van der Waals surface area contributed by atoms with Gasteiger partial charge in [0.05, 0.1) is 11.1 Å². The molecule has 0 radical (unpaired) electrons. The summed E-state index contributed by atoms with van der Waals surface area (Å²) >= 11 is 1.56. The number of aromatic amines is 1. The van der Waals surface area contributed by atoms with Crippen LogP contribution in [0.2, 0.25) is 0 Å². The first-order chi connectivity index (χ1) is 11.7. The molecular formula is C21H25NO2S. The van der Waals surface area contributed by atoms with Crippen LogP contribution in [0.15, 0.2) is 24.3 Å². The van der Waals surface area contributed by atoms with Crippen LogP contribution in [0.3, 0.4) is 0 Å². The third kappa shape index (κ3) is 3.11. The Kier molecular flexibility index (Phi) is 4.50. The molecule has 2 heterocycles. The van der Waals surface area contributed by atoms with Crippen molar-refractivity contribution in [2.45, 2.75) is 52.9 Å². The summed E-state index contributed by atoms with van der Waals surface area (Å²) in [6.45, 7) is 9.96. The van der Waals surface area contributed by atoms with E-state index in [-0.39, 0.29) is 0 Å². The van der Waals surface area contributed by atoms with E-state index in [0.717, 1.165) is 22.5 Å². The van der Waals surface area contributed by atoms with Crippen molar-refractivity contribution in [1.29, 1.82) is 0 Å². The van der Waals surface area contributed by atoms with Gasteiger partial charge in [-0.2, -0.15) is 0 Å². The molecule has 2 N–H and O–H groups in total. The molecule has 2 aromatic heterocycles. The van der Waals surface area contributed by atoms with Crippen LogP contribution in [-0.2, 0) is 16.6 Å². The summed E-state index contributed by atoms with van der Waals surface area (Å²) in [6.07, 6.45) is 2.03. The van der Waals surface area contributed by atoms with Crippen LogP contribution in [0.1, 0.15) is 48.8 Å². The molecule has 0 unspecified atom stereocenters. The fraction of sp³-hybridized carbons (Fsp3) is 0.381. The summed E-state index contributed by atoms with van der Waals surface area (Å²) in [5.41, 5.74) is 5.32. The molecule has 4 heteroatoms. The number of nitrogens with one attached hydrogen (secondary N) is 1. The highest BCUT2D eigenvalue weighted by Gasteiger charge is 2.32. The molecule has 3 nitrogen and oxygen atoms in total. The van der Waals surface area contributed by atoms with Gasteiger partial charge in [0, 0.05) is 10.3 Å². The molecule has 132 valence electrons. The third-order valence-corrected chi connectivity index (χ3v) is 6.13. The van der Waals surface area contributed by atoms with Crippen LogP contribution in [0.4, 0.5) is 0 Å². The zero-order chi connectivity index (χ0) is 18.4. The van der Waals surface area contributed by atoms with Crippen LogP contribution in [0.25, 0.3) is 21.5 Å². The van der Waals surface area contributed by atoms with Crippen molar-refractivity contribution < 1.29 is 9.90 Å². The minimum Gasteiger partial charge on any atom is -0.481 e. The average molecular weight is 356 g/mol. The second-order valence-corrected chi connectivity index (χ2v) is 8.44. The van der Waals surface area contributed by atoms with Gasteiger partial charge in [-0.25, -0.2) is 0 Å². The summed E-state index contributed by atoms with van der Waals surface area (Å²) < 4.78 is 0. The summed E-state index contributed by atoms with van der Waals surface area (Å²) in [5.74, 6) is -0.789. The summed E-state index contributed by atoms with van der Waals surface area (Å²) in [4.78, 5) is 17.1. The highest BCUT2D eigenvalue weighted by molar-refractivity contribution is 7.19. The molecule has 0 aliphatic heterocycles. The number of aryl methyl sites for hydroxylation is 3. The molecule has 0 fully saturated rings. The molecule has 0 spiro atoms. The molecular weight excluding hydrogens is 330 g/mol. The number of aromatic nitrogens is 1. The Bertz CT molecular complexity index is 926. The zero-order valence-corrected chi connectivity index (χ0v) is 16.3. The molecule has 0 aliphatic carbocycles. The van der Waals surface area contributed by atoms with Gasteiger partial charge in [0.15, 0.2) is 0 Å². The first kappa shape index (κ1) is 17.7. The van der Waals surface area contributed by atoms with Crippen molar-refractivity contribution in [2.75, 3.05) is 0 Å². The van der Waals surface area contributed by atoms with Crippen molar-refractivity contribution in [3.63, 3.8) is 0 Å². The quantitative estimate of drug-likeness (QED) is 0.605. The van der Waals surface area contributed by atoms with Crippen LogP contribution in [0.5, 0.6) is 0 Å². The van der Waals surface area contributed by atoms with Gasteiger partial charge >= 0.3 is 5.97 Å². The van der Waals surface area contributed by atoms with Gasteiger partial charge in [-0.15, -0.1) is 11.3 Å². The number of hydrogen-bond acceptors (Lipinski definition) is 2. The SMILES string of the molecule is CCCc1c(-c2cc(C)cc(C)c2)[nH]c2sc(C(C)(C)C(=O)O)cc12. The van der Waals surface area contributed by atoms with Crippen LogP contribution < -0.4 is 0 Å². The largest absolute Gasteiger partial charge is 0.481 e. The Morgan fingerprint density at radius 2 is 1.80 bits per heavy atom. The van der Waals surface area contributed by atoms with Gasteiger partial charge in [0.1, 0.15) is 4.83 Å². The van der Waals surface area contributed by atoms with E-state index in [1.165, 1.54) is 33.3 Å². The van der Waals surface area contributed by atoms with Crippen molar-refractivity contribution in [1.82, 2.24) is 4.98 Å². The van der Waals surface area contributed by atoms with Gasteiger partial charge < -0.3 is 10.1 Å². The van der Waals surface area contributed by atoms with Crippen LogP contribution in [0, 0.1) is 13.8 Å². The van der Waals surface area contributed by atoms with Crippen LogP contribution >= 0.6 is 11.3 Å². The average Bonchev–Trinajstić information content (AvgIpc) is 3.06. The summed E-state index contributed by atoms with van der Waals surface area (Å²) in [5, 5.41) is 10.7. The number of carboxylic acids is 1. The lowest BCUT2D eigenvalue weighted by Crippen LogP contribution is -2.27. The maximum atomic E-state index is 11.6. The molecule has 0 saturated heterocycles. The highest BCUT2D eigenvalue weighted by atomic mass is 32.1. The topological polar surface area (TPSA) is 53.1 Å². The Morgan fingerprint density at radius 1 is 1.16 bits per heavy atom. The number of H-pyrrole nitrogens is 1. The van der Waals surface area contributed by atoms with Crippen molar-refractivity contribution in [3.8, 4) is 11.3 Å². The van der Waals surface area contributed by atoms with Gasteiger partial charge in [0.2, 0.25) is 0 Å². The van der Waals surface area contributed by atoms with E-state index >= 15 is 0 Å². The van der Waals surface area contributed by atoms with Crippen molar-refractivity contribution >= 4 is 27.5 Å².